The summed E-state index contributed by atoms with van der Waals surface area (Å²) < 4.78 is 5.36. The number of amides is 1. The summed E-state index contributed by atoms with van der Waals surface area (Å²) >= 11 is 0. The lowest BCUT2D eigenvalue weighted by Crippen LogP contribution is -2.56. The highest BCUT2D eigenvalue weighted by Gasteiger charge is 2.35. The lowest BCUT2D eigenvalue weighted by atomic mass is 9.88. The maximum absolute atomic E-state index is 11.9. The minimum atomic E-state index is -0.424. The minimum absolute atomic E-state index is 0.112. The predicted octanol–water partition coefficient (Wildman–Crippen LogP) is 1.06. The number of aliphatic hydroxyl groups is 1. The first-order valence-electron chi connectivity index (χ1n) is 6.75. The third-order valence-corrected chi connectivity index (χ3v) is 3.57. The van der Waals surface area contributed by atoms with Gasteiger partial charge >= 0.3 is 6.09 Å². The van der Waals surface area contributed by atoms with E-state index in [9.17, 15) is 9.90 Å². The number of carbonyl (C=O) groups excluding carboxylic acids is 1. The van der Waals surface area contributed by atoms with Crippen molar-refractivity contribution < 1.29 is 14.6 Å². The van der Waals surface area contributed by atoms with Gasteiger partial charge in [-0.15, -0.1) is 0 Å². The van der Waals surface area contributed by atoms with E-state index in [0.717, 1.165) is 39.0 Å². The fourth-order valence-corrected chi connectivity index (χ4v) is 2.45. The smallest absolute Gasteiger partial charge is 0.410 e. The van der Waals surface area contributed by atoms with E-state index in [0.29, 0.717) is 6.04 Å². The van der Waals surface area contributed by atoms with Gasteiger partial charge in [0, 0.05) is 32.2 Å². The zero-order valence-electron chi connectivity index (χ0n) is 11.6. The Morgan fingerprint density at radius 3 is 2.17 bits per heavy atom. The molecule has 0 atom stereocenters. The van der Waals surface area contributed by atoms with Gasteiger partial charge < -0.3 is 14.7 Å². The Morgan fingerprint density at radius 2 is 1.72 bits per heavy atom. The molecule has 2 fully saturated rings. The van der Waals surface area contributed by atoms with Gasteiger partial charge in [0.05, 0.1) is 6.10 Å². The number of hydrogen-bond donors (Lipinski definition) is 1. The van der Waals surface area contributed by atoms with Crippen molar-refractivity contribution in [2.75, 3.05) is 26.2 Å². The van der Waals surface area contributed by atoms with E-state index in [4.69, 9.17) is 4.74 Å². The third kappa shape index (κ3) is 3.36. The second kappa shape index (κ2) is 5.05. The quantitative estimate of drug-likeness (QED) is 0.762. The minimum Gasteiger partial charge on any atom is -0.444 e. The molecule has 1 amide bonds. The van der Waals surface area contributed by atoms with Crippen LogP contribution in [0.5, 0.6) is 0 Å². The van der Waals surface area contributed by atoms with Crippen LogP contribution in [0.15, 0.2) is 0 Å². The van der Waals surface area contributed by atoms with Gasteiger partial charge in [-0.2, -0.15) is 0 Å². The highest BCUT2D eigenvalue weighted by Crippen LogP contribution is 2.26. The number of rotatable bonds is 1. The monoisotopic (exact) mass is 256 g/mol. The molecule has 1 aliphatic carbocycles. The molecule has 0 aromatic heterocycles. The van der Waals surface area contributed by atoms with Crippen LogP contribution in [-0.2, 0) is 4.74 Å². The van der Waals surface area contributed by atoms with Crippen molar-refractivity contribution in [3.63, 3.8) is 0 Å². The summed E-state index contributed by atoms with van der Waals surface area (Å²) in [6, 6.07) is 0.515. The lowest BCUT2D eigenvalue weighted by molar-refractivity contribution is -0.0259. The largest absolute Gasteiger partial charge is 0.444 e. The summed E-state index contributed by atoms with van der Waals surface area (Å²) in [5, 5.41) is 9.31. The number of hydrogen-bond acceptors (Lipinski definition) is 4. The van der Waals surface area contributed by atoms with Gasteiger partial charge in [0.1, 0.15) is 5.60 Å². The number of ether oxygens (including phenoxy) is 1. The average molecular weight is 256 g/mol. The summed E-state index contributed by atoms with van der Waals surface area (Å²) in [6.45, 7) is 8.88. The molecule has 0 radical (unpaired) electrons. The predicted molar refractivity (Wildman–Crippen MR) is 68.4 cm³/mol. The molecule has 0 aromatic rings. The number of piperazine rings is 1. The molecular formula is C13H24N2O3. The molecule has 2 rings (SSSR count). The van der Waals surface area contributed by atoms with Gasteiger partial charge in [0.2, 0.25) is 0 Å². The Hall–Kier alpha value is -0.810. The van der Waals surface area contributed by atoms with E-state index in [1.54, 1.807) is 4.90 Å². The van der Waals surface area contributed by atoms with Crippen LogP contribution in [0, 0.1) is 0 Å². The summed E-state index contributed by atoms with van der Waals surface area (Å²) in [7, 11) is 0. The number of carbonyl (C=O) groups is 1. The number of aliphatic hydroxyl groups excluding tert-OH is 1. The number of nitrogens with zero attached hydrogens (tertiary/aromatic N) is 2. The molecule has 0 bridgehead atoms. The van der Waals surface area contributed by atoms with Crippen molar-refractivity contribution in [2.45, 2.75) is 51.4 Å². The van der Waals surface area contributed by atoms with Crippen LogP contribution >= 0.6 is 0 Å². The maximum Gasteiger partial charge on any atom is 0.410 e. The van der Waals surface area contributed by atoms with Gasteiger partial charge in [-0.1, -0.05) is 0 Å². The molecule has 1 N–H and O–H groups in total. The molecule has 1 aliphatic heterocycles. The zero-order valence-corrected chi connectivity index (χ0v) is 11.6. The van der Waals surface area contributed by atoms with Crippen molar-refractivity contribution in [2.24, 2.45) is 0 Å². The van der Waals surface area contributed by atoms with Crippen LogP contribution in [0.4, 0.5) is 4.79 Å². The van der Waals surface area contributed by atoms with Gasteiger partial charge in [-0.3, -0.25) is 4.90 Å². The molecule has 1 heterocycles. The Labute approximate surface area is 109 Å². The van der Waals surface area contributed by atoms with Crippen LogP contribution < -0.4 is 0 Å². The first-order valence-corrected chi connectivity index (χ1v) is 6.75. The molecule has 5 nitrogen and oxygen atoms in total. The van der Waals surface area contributed by atoms with Gasteiger partial charge in [-0.05, 0) is 33.6 Å². The van der Waals surface area contributed by atoms with Crippen molar-refractivity contribution >= 4 is 6.09 Å². The van der Waals surface area contributed by atoms with E-state index < -0.39 is 5.60 Å². The van der Waals surface area contributed by atoms with Crippen molar-refractivity contribution in [3.8, 4) is 0 Å². The Balaban J connectivity index is 1.74. The van der Waals surface area contributed by atoms with E-state index in [2.05, 4.69) is 4.90 Å². The SMILES string of the molecule is CC(C)(C)OC(=O)N1CCN([C@H]2C[C@H](O)C2)CC1. The third-order valence-electron chi connectivity index (χ3n) is 3.57. The molecule has 0 spiro atoms. The fourth-order valence-electron chi connectivity index (χ4n) is 2.45. The second-order valence-corrected chi connectivity index (χ2v) is 6.28. The molecular weight excluding hydrogens is 232 g/mol. The van der Waals surface area contributed by atoms with E-state index in [1.807, 2.05) is 20.8 Å². The highest BCUT2D eigenvalue weighted by atomic mass is 16.6. The lowest BCUT2D eigenvalue weighted by Gasteiger charge is -2.44. The van der Waals surface area contributed by atoms with Crippen LogP contribution in [0.2, 0.25) is 0 Å². The van der Waals surface area contributed by atoms with E-state index >= 15 is 0 Å². The van der Waals surface area contributed by atoms with Gasteiger partial charge in [0.25, 0.3) is 0 Å². The normalized spacial score (nSPS) is 29.9. The van der Waals surface area contributed by atoms with Crippen LogP contribution in [0.25, 0.3) is 0 Å². The Morgan fingerprint density at radius 1 is 1.17 bits per heavy atom. The fraction of sp³-hybridized carbons (Fsp3) is 0.923. The highest BCUT2D eigenvalue weighted by molar-refractivity contribution is 5.68. The van der Waals surface area contributed by atoms with Crippen molar-refractivity contribution in [3.05, 3.63) is 0 Å². The summed E-state index contributed by atoms with van der Waals surface area (Å²) in [5.74, 6) is 0. The summed E-state index contributed by atoms with van der Waals surface area (Å²) in [4.78, 5) is 16.0. The molecule has 5 heteroatoms. The second-order valence-electron chi connectivity index (χ2n) is 6.28. The molecule has 1 saturated carbocycles. The molecule has 1 saturated heterocycles. The van der Waals surface area contributed by atoms with E-state index in [1.165, 1.54) is 0 Å². The Bertz CT molecular complexity index is 300. The summed E-state index contributed by atoms with van der Waals surface area (Å²) in [5.41, 5.74) is -0.424. The molecule has 18 heavy (non-hydrogen) atoms. The molecule has 104 valence electrons. The van der Waals surface area contributed by atoms with E-state index in [-0.39, 0.29) is 12.2 Å². The molecule has 2 aliphatic rings. The molecule has 0 unspecified atom stereocenters. The zero-order chi connectivity index (χ0) is 13.3. The maximum atomic E-state index is 11.9. The van der Waals surface area contributed by atoms with Crippen molar-refractivity contribution in [1.29, 1.82) is 0 Å². The van der Waals surface area contributed by atoms with Gasteiger partial charge in [0.15, 0.2) is 0 Å². The average Bonchev–Trinajstić information content (AvgIpc) is 2.23. The van der Waals surface area contributed by atoms with Crippen LogP contribution in [-0.4, -0.2) is 64.9 Å². The standard InChI is InChI=1S/C13H24N2O3/c1-13(2,3)18-12(17)15-6-4-14(5-7-15)10-8-11(16)9-10/h10-11,16H,4-9H2,1-3H3/t10-,11-. The first kappa shape index (κ1) is 13.6. The Kier molecular flexibility index (Phi) is 3.82. The van der Waals surface area contributed by atoms with Crippen LogP contribution in [0.3, 0.4) is 0 Å². The molecule has 0 aromatic carbocycles. The van der Waals surface area contributed by atoms with Gasteiger partial charge in [-0.25, -0.2) is 4.79 Å². The topological polar surface area (TPSA) is 53.0 Å². The van der Waals surface area contributed by atoms with Crippen LogP contribution in [0.1, 0.15) is 33.6 Å². The van der Waals surface area contributed by atoms with Crippen molar-refractivity contribution in [1.82, 2.24) is 9.80 Å². The first-order chi connectivity index (χ1) is 8.35. The summed E-state index contributed by atoms with van der Waals surface area (Å²) in [6.07, 6.45) is 1.44.